The van der Waals surface area contributed by atoms with Crippen LogP contribution in [0.3, 0.4) is 0 Å². The zero-order valence-electron chi connectivity index (χ0n) is 9.67. The van der Waals surface area contributed by atoms with E-state index in [0.29, 0.717) is 25.1 Å². The van der Waals surface area contributed by atoms with Gasteiger partial charge in [0.25, 0.3) is 11.6 Å². The molecule has 0 unspecified atom stereocenters. The van der Waals surface area contributed by atoms with Crippen molar-refractivity contribution in [2.45, 2.75) is 12.8 Å². The molecule has 0 saturated heterocycles. The van der Waals surface area contributed by atoms with E-state index in [-0.39, 0.29) is 18.0 Å². The van der Waals surface area contributed by atoms with Gasteiger partial charge in [0.1, 0.15) is 6.29 Å². The lowest BCUT2D eigenvalue weighted by Gasteiger charge is -2.27. The molecule has 1 amide bonds. The highest BCUT2D eigenvalue weighted by Gasteiger charge is 2.25. The van der Waals surface area contributed by atoms with E-state index in [2.05, 4.69) is 0 Å². The molecule has 1 heterocycles. The first-order valence-electron chi connectivity index (χ1n) is 5.63. The van der Waals surface area contributed by atoms with E-state index in [4.69, 9.17) is 0 Å². The van der Waals surface area contributed by atoms with Crippen LogP contribution < -0.4 is 0 Å². The van der Waals surface area contributed by atoms with Gasteiger partial charge in [0.15, 0.2) is 0 Å². The Morgan fingerprint density at radius 1 is 1.44 bits per heavy atom. The minimum Gasteiger partial charge on any atom is -0.338 e. The van der Waals surface area contributed by atoms with Crippen molar-refractivity contribution in [3.63, 3.8) is 0 Å². The van der Waals surface area contributed by atoms with Crippen LogP contribution >= 0.6 is 0 Å². The van der Waals surface area contributed by atoms with E-state index in [0.717, 1.165) is 11.8 Å². The fraction of sp³-hybridized carbons (Fsp3) is 0.333. The van der Waals surface area contributed by atoms with Gasteiger partial charge < -0.3 is 9.69 Å². The van der Waals surface area contributed by atoms with Gasteiger partial charge in [-0.25, -0.2) is 0 Å². The summed E-state index contributed by atoms with van der Waals surface area (Å²) in [5.41, 5.74) is 1.12. The van der Waals surface area contributed by atoms with Crippen molar-refractivity contribution in [1.82, 2.24) is 4.90 Å². The molecule has 6 nitrogen and oxygen atoms in total. The van der Waals surface area contributed by atoms with Crippen LogP contribution in [0.1, 0.15) is 22.3 Å². The molecule has 2 rings (SSSR count). The molecule has 0 spiro atoms. The Hall–Kier alpha value is -2.24. The lowest BCUT2D eigenvalue weighted by atomic mass is 9.98. The van der Waals surface area contributed by atoms with Crippen LogP contribution in [-0.4, -0.2) is 35.1 Å². The maximum Gasteiger partial charge on any atom is 0.270 e. The molecular formula is C12H12N2O4. The first-order valence-corrected chi connectivity index (χ1v) is 5.63. The van der Waals surface area contributed by atoms with Crippen molar-refractivity contribution in [3.8, 4) is 0 Å². The number of hydrogen-bond donors (Lipinski definition) is 0. The Balaban J connectivity index is 2.29. The molecule has 0 radical (unpaired) electrons. The SMILES string of the molecule is O=CCCN1CCc2ccc([N+](=O)[O-])cc2C1=O. The molecule has 0 bridgehead atoms. The Morgan fingerprint density at radius 2 is 2.22 bits per heavy atom. The smallest absolute Gasteiger partial charge is 0.270 e. The molecule has 0 N–H and O–H groups in total. The summed E-state index contributed by atoms with van der Waals surface area (Å²) in [5.74, 6) is -0.234. The van der Waals surface area contributed by atoms with Crippen molar-refractivity contribution in [1.29, 1.82) is 0 Å². The lowest BCUT2D eigenvalue weighted by molar-refractivity contribution is -0.384. The monoisotopic (exact) mass is 248 g/mol. The lowest BCUT2D eigenvalue weighted by Crippen LogP contribution is -2.38. The number of benzene rings is 1. The number of rotatable bonds is 4. The van der Waals surface area contributed by atoms with Gasteiger partial charge in [0, 0.05) is 37.2 Å². The first-order chi connectivity index (χ1) is 8.63. The summed E-state index contributed by atoms with van der Waals surface area (Å²) in [6.07, 6.45) is 1.71. The molecule has 0 atom stereocenters. The Bertz CT molecular complexity index is 513. The van der Waals surface area contributed by atoms with Crippen molar-refractivity contribution in [3.05, 3.63) is 39.4 Å². The average molecular weight is 248 g/mol. The van der Waals surface area contributed by atoms with Crippen LogP contribution in [0.25, 0.3) is 0 Å². The molecule has 1 aliphatic rings. The summed E-state index contributed by atoms with van der Waals surface area (Å²) in [4.78, 5) is 34.1. The van der Waals surface area contributed by atoms with Gasteiger partial charge in [-0.1, -0.05) is 6.07 Å². The number of nitro benzene ring substituents is 1. The van der Waals surface area contributed by atoms with Gasteiger partial charge >= 0.3 is 0 Å². The maximum atomic E-state index is 12.1. The van der Waals surface area contributed by atoms with Gasteiger partial charge in [-0.3, -0.25) is 14.9 Å². The molecule has 1 aromatic rings. The van der Waals surface area contributed by atoms with E-state index in [1.165, 1.54) is 12.1 Å². The third-order valence-electron chi connectivity index (χ3n) is 2.99. The Kier molecular flexibility index (Phi) is 3.36. The van der Waals surface area contributed by atoms with Crippen molar-refractivity contribution in [2.24, 2.45) is 0 Å². The van der Waals surface area contributed by atoms with Crippen LogP contribution in [0.2, 0.25) is 0 Å². The molecule has 6 heteroatoms. The number of nitrogens with zero attached hydrogens (tertiary/aromatic N) is 2. The second-order valence-corrected chi connectivity index (χ2v) is 4.10. The summed E-state index contributed by atoms with van der Waals surface area (Å²) in [6.45, 7) is 0.919. The van der Waals surface area contributed by atoms with E-state index >= 15 is 0 Å². The normalized spacial score (nSPS) is 14.2. The molecule has 0 saturated carbocycles. The topological polar surface area (TPSA) is 80.5 Å². The van der Waals surface area contributed by atoms with E-state index in [1.807, 2.05) is 0 Å². The van der Waals surface area contributed by atoms with Crippen LogP contribution in [0.4, 0.5) is 5.69 Å². The molecule has 94 valence electrons. The third-order valence-corrected chi connectivity index (χ3v) is 2.99. The van der Waals surface area contributed by atoms with Gasteiger partial charge in [-0.05, 0) is 12.0 Å². The number of carbonyl (C=O) groups excluding carboxylic acids is 2. The van der Waals surface area contributed by atoms with Crippen LogP contribution in [-0.2, 0) is 11.2 Å². The predicted octanol–water partition coefficient (Wildman–Crippen LogP) is 1.18. The van der Waals surface area contributed by atoms with Crippen molar-refractivity contribution < 1.29 is 14.5 Å². The van der Waals surface area contributed by atoms with Gasteiger partial charge in [-0.15, -0.1) is 0 Å². The first kappa shape index (κ1) is 12.2. The predicted molar refractivity (Wildman–Crippen MR) is 63.4 cm³/mol. The van der Waals surface area contributed by atoms with Crippen LogP contribution in [0.5, 0.6) is 0 Å². The van der Waals surface area contributed by atoms with Gasteiger partial charge in [0.05, 0.1) is 4.92 Å². The highest BCUT2D eigenvalue weighted by molar-refractivity contribution is 5.97. The van der Waals surface area contributed by atoms with E-state index < -0.39 is 4.92 Å². The quantitative estimate of drug-likeness (QED) is 0.455. The molecule has 1 aromatic carbocycles. The fourth-order valence-corrected chi connectivity index (χ4v) is 2.04. The number of fused-ring (bicyclic) bond motifs is 1. The minimum absolute atomic E-state index is 0.0839. The Labute approximate surface area is 103 Å². The van der Waals surface area contributed by atoms with Crippen molar-refractivity contribution >= 4 is 17.9 Å². The van der Waals surface area contributed by atoms with Gasteiger partial charge in [0.2, 0.25) is 0 Å². The minimum atomic E-state index is -0.516. The van der Waals surface area contributed by atoms with Crippen LogP contribution in [0, 0.1) is 10.1 Å². The van der Waals surface area contributed by atoms with Crippen LogP contribution in [0.15, 0.2) is 18.2 Å². The number of amides is 1. The molecule has 18 heavy (non-hydrogen) atoms. The zero-order chi connectivity index (χ0) is 13.1. The highest BCUT2D eigenvalue weighted by atomic mass is 16.6. The third kappa shape index (κ3) is 2.22. The molecule has 1 aliphatic heterocycles. The molecular weight excluding hydrogens is 236 g/mol. The van der Waals surface area contributed by atoms with Gasteiger partial charge in [-0.2, -0.15) is 0 Å². The summed E-state index contributed by atoms with van der Waals surface area (Å²) in [6, 6.07) is 4.35. The zero-order valence-corrected chi connectivity index (χ0v) is 9.67. The standard InChI is InChI=1S/C12H12N2O4/c15-7-1-5-13-6-4-9-2-3-10(14(17)18)8-11(9)12(13)16/h2-3,7-8H,1,4-6H2. The van der Waals surface area contributed by atoms with Crippen molar-refractivity contribution in [2.75, 3.05) is 13.1 Å². The highest BCUT2D eigenvalue weighted by Crippen LogP contribution is 2.23. The van der Waals surface area contributed by atoms with E-state index in [1.54, 1.807) is 11.0 Å². The number of hydrogen-bond acceptors (Lipinski definition) is 4. The second kappa shape index (κ2) is 4.95. The number of aldehydes is 1. The average Bonchev–Trinajstić information content (AvgIpc) is 2.37. The second-order valence-electron chi connectivity index (χ2n) is 4.10. The summed E-state index contributed by atoms with van der Waals surface area (Å²) < 4.78 is 0. The summed E-state index contributed by atoms with van der Waals surface area (Å²) in [7, 11) is 0. The number of nitro groups is 1. The molecule has 0 fully saturated rings. The fourth-order valence-electron chi connectivity index (χ4n) is 2.04. The molecule has 0 aromatic heterocycles. The number of non-ortho nitro benzene ring substituents is 1. The largest absolute Gasteiger partial charge is 0.338 e. The number of carbonyl (C=O) groups is 2. The Morgan fingerprint density at radius 3 is 2.89 bits per heavy atom. The molecule has 0 aliphatic carbocycles. The summed E-state index contributed by atoms with van der Waals surface area (Å²) >= 11 is 0. The summed E-state index contributed by atoms with van der Waals surface area (Å²) in [5, 5.41) is 10.7. The van der Waals surface area contributed by atoms with E-state index in [9.17, 15) is 19.7 Å². The maximum absolute atomic E-state index is 12.1.